The molecule has 3 N–H and O–H groups in total. The largest absolute Gasteiger partial charge is 0.444 e. The van der Waals surface area contributed by atoms with E-state index in [0.29, 0.717) is 16.9 Å². The molecule has 0 heterocycles. The molecule has 0 unspecified atom stereocenters. The van der Waals surface area contributed by atoms with Crippen LogP contribution >= 0.6 is 0 Å². The van der Waals surface area contributed by atoms with Crippen LogP contribution in [-0.2, 0) is 4.74 Å². The number of ketones is 1. The maximum Gasteiger partial charge on any atom is 0.412 e. The van der Waals surface area contributed by atoms with E-state index in [9.17, 15) is 9.59 Å². The summed E-state index contributed by atoms with van der Waals surface area (Å²) in [5, 5.41) is 2.67. The first-order valence-corrected chi connectivity index (χ1v) is 7.91. The summed E-state index contributed by atoms with van der Waals surface area (Å²) < 4.78 is 5.21. The molecular formula is C20H22N2O3. The molecule has 0 bridgehead atoms. The lowest BCUT2D eigenvalue weighted by Crippen LogP contribution is -2.27. The van der Waals surface area contributed by atoms with Gasteiger partial charge in [0.15, 0.2) is 5.78 Å². The van der Waals surface area contributed by atoms with Crippen LogP contribution in [0.25, 0.3) is 6.08 Å². The maximum absolute atomic E-state index is 12.2. The van der Waals surface area contributed by atoms with Crippen molar-refractivity contribution in [3.63, 3.8) is 0 Å². The van der Waals surface area contributed by atoms with Crippen molar-refractivity contribution in [2.75, 3.05) is 11.1 Å². The van der Waals surface area contributed by atoms with Gasteiger partial charge in [0.2, 0.25) is 0 Å². The predicted molar refractivity (Wildman–Crippen MR) is 101 cm³/mol. The average Bonchev–Trinajstić information content (AvgIpc) is 2.51. The fraction of sp³-hybridized carbons (Fsp3) is 0.200. The Balaban J connectivity index is 2.07. The van der Waals surface area contributed by atoms with Gasteiger partial charge in [-0.15, -0.1) is 0 Å². The molecule has 2 rings (SSSR count). The van der Waals surface area contributed by atoms with Crippen molar-refractivity contribution in [1.82, 2.24) is 0 Å². The first kappa shape index (κ1) is 18.3. The van der Waals surface area contributed by atoms with Crippen molar-refractivity contribution in [2.24, 2.45) is 0 Å². The highest BCUT2D eigenvalue weighted by Gasteiger charge is 2.16. The zero-order valence-corrected chi connectivity index (χ0v) is 14.6. The second kappa shape index (κ2) is 7.66. The third-order valence-electron chi connectivity index (χ3n) is 3.19. The van der Waals surface area contributed by atoms with E-state index in [1.165, 1.54) is 6.08 Å². The average molecular weight is 338 g/mol. The summed E-state index contributed by atoms with van der Waals surface area (Å²) in [7, 11) is 0. The number of ether oxygens (including phenoxy) is 1. The number of allylic oxidation sites excluding steroid dienone is 1. The van der Waals surface area contributed by atoms with Crippen molar-refractivity contribution in [1.29, 1.82) is 0 Å². The lowest BCUT2D eigenvalue weighted by molar-refractivity contribution is 0.0635. The fourth-order valence-electron chi connectivity index (χ4n) is 2.12. The van der Waals surface area contributed by atoms with E-state index in [-0.39, 0.29) is 5.78 Å². The van der Waals surface area contributed by atoms with Gasteiger partial charge in [-0.3, -0.25) is 10.1 Å². The number of nitrogen functional groups attached to an aromatic ring is 1. The Bertz CT molecular complexity index is 805. The maximum atomic E-state index is 12.2. The van der Waals surface area contributed by atoms with Crippen LogP contribution in [0.1, 0.15) is 36.7 Å². The highest BCUT2D eigenvalue weighted by Crippen LogP contribution is 2.16. The first-order valence-electron chi connectivity index (χ1n) is 7.91. The van der Waals surface area contributed by atoms with Gasteiger partial charge in [0.05, 0.1) is 0 Å². The van der Waals surface area contributed by atoms with Gasteiger partial charge in [-0.1, -0.05) is 30.3 Å². The van der Waals surface area contributed by atoms with E-state index in [0.717, 1.165) is 5.56 Å². The summed E-state index contributed by atoms with van der Waals surface area (Å²) >= 11 is 0. The second-order valence-electron chi connectivity index (χ2n) is 6.54. The van der Waals surface area contributed by atoms with E-state index in [4.69, 9.17) is 10.5 Å². The predicted octanol–water partition coefficient (Wildman–Crippen LogP) is 4.51. The zero-order valence-electron chi connectivity index (χ0n) is 14.6. The molecule has 0 aliphatic rings. The molecule has 2 aromatic rings. The molecule has 0 spiro atoms. The van der Waals surface area contributed by atoms with Crippen LogP contribution < -0.4 is 11.1 Å². The Labute approximate surface area is 147 Å². The molecule has 0 saturated carbocycles. The number of benzene rings is 2. The van der Waals surface area contributed by atoms with Gasteiger partial charge in [-0.05, 0) is 56.7 Å². The molecule has 130 valence electrons. The van der Waals surface area contributed by atoms with E-state index in [1.807, 2.05) is 6.07 Å². The monoisotopic (exact) mass is 338 g/mol. The van der Waals surface area contributed by atoms with Crippen molar-refractivity contribution in [3.05, 3.63) is 65.7 Å². The van der Waals surface area contributed by atoms with Gasteiger partial charge in [-0.25, -0.2) is 4.79 Å². The number of amides is 1. The van der Waals surface area contributed by atoms with Crippen LogP contribution in [-0.4, -0.2) is 17.5 Å². The number of hydrogen-bond donors (Lipinski definition) is 2. The van der Waals surface area contributed by atoms with Crippen LogP contribution in [0.2, 0.25) is 0 Å². The Kier molecular flexibility index (Phi) is 5.60. The third-order valence-corrected chi connectivity index (χ3v) is 3.19. The summed E-state index contributed by atoms with van der Waals surface area (Å²) in [6, 6.07) is 14.0. The molecule has 5 nitrogen and oxygen atoms in total. The minimum absolute atomic E-state index is 0.177. The number of nitrogens with one attached hydrogen (secondary N) is 1. The van der Waals surface area contributed by atoms with Crippen molar-refractivity contribution in [3.8, 4) is 0 Å². The molecule has 0 aliphatic carbocycles. The number of carbonyl (C=O) groups excluding carboxylic acids is 2. The molecular weight excluding hydrogens is 316 g/mol. The summed E-state index contributed by atoms with van der Waals surface area (Å²) in [5.74, 6) is -0.177. The van der Waals surface area contributed by atoms with Crippen LogP contribution in [0.3, 0.4) is 0 Å². The molecule has 0 aromatic heterocycles. The van der Waals surface area contributed by atoms with Crippen molar-refractivity contribution < 1.29 is 14.3 Å². The van der Waals surface area contributed by atoms with Gasteiger partial charge in [0, 0.05) is 16.9 Å². The Morgan fingerprint density at radius 3 is 2.48 bits per heavy atom. The molecule has 0 atom stereocenters. The van der Waals surface area contributed by atoms with Gasteiger partial charge in [-0.2, -0.15) is 0 Å². The molecule has 25 heavy (non-hydrogen) atoms. The summed E-state index contributed by atoms with van der Waals surface area (Å²) in [4.78, 5) is 24.0. The third kappa shape index (κ3) is 5.80. The van der Waals surface area contributed by atoms with Gasteiger partial charge in [0.1, 0.15) is 5.60 Å². The zero-order chi connectivity index (χ0) is 18.4. The van der Waals surface area contributed by atoms with Crippen molar-refractivity contribution in [2.45, 2.75) is 26.4 Å². The van der Waals surface area contributed by atoms with Gasteiger partial charge in [0.25, 0.3) is 0 Å². The molecule has 1 amide bonds. The second-order valence-corrected chi connectivity index (χ2v) is 6.54. The molecule has 5 heteroatoms. The summed E-state index contributed by atoms with van der Waals surface area (Å²) in [5.41, 5.74) is 7.50. The number of carbonyl (C=O) groups is 2. The fourth-order valence-corrected chi connectivity index (χ4v) is 2.12. The van der Waals surface area contributed by atoms with Crippen LogP contribution in [0.15, 0.2) is 54.6 Å². The summed E-state index contributed by atoms with van der Waals surface area (Å²) in [6.45, 7) is 5.39. The highest BCUT2D eigenvalue weighted by atomic mass is 16.6. The quantitative estimate of drug-likeness (QED) is 0.488. The van der Waals surface area contributed by atoms with E-state index in [2.05, 4.69) is 5.32 Å². The Morgan fingerprint density at radius 1 is 1.08 bits per heavy atom. The number of para-hydroxylation sites is 1. The molecule has 0 aliphatic heterocycles. The minimum Gasteiger partial charge on any atom is -0.444 e. The molecule has 2 aromatic carbocycles. The lowest BCUT2D eigenvalue weighted by atomic mass is 10.1. The van der Waals surface area contributed by atoms with E-state index >= 15 is 0 Å². The molecule has 0 saturated heterocycles. The Morgan fingerprint density at radius 2 is 1.80 bits per heavy atom. The number of hydrogen-bond acceptors (Lipinski definition) is 4. The van der Waals surface area contributed by atoms with Crippen molar-refractivity contribution >= 4 is 29.3 Å². The smallest absolute Gasteiger partial charge is 0.412 e. The standard InChI is InChI=1S/C20H22N2O3/c1-20(2,3)25-19(24)22-15-8-6-7-14(13-15)11-12-18(23)16-9-4-5-10-17(16)21/h4-13H,21H2,1-3H3,(H,22,24)/b12-11+. The number of nitrogens with two attached hydrogens (primary N) is 1. The van der Waals surface area contributed by atoms with E-state index < -0.39 is 11.7 Å². The minimum atomic E-state index is -0.566. The highest BCUT2D eigenvalue weighted by molar-refractivity contribution is 6.10. The number of anilines is 2. The topological polar surface area (TPSA) is 81.4 Å². The molecule has 0 fully saturated rings. The Hall–Kier alpha value is -3.08. The van der Waals surface area contributed by atoms with Crippen LogP contribution in [0.5, 0.6) is 0 Å². The SMILES string of the molecule is CC(C)(C)OC(=O)Nc1cccc(/C=C/C(=O)c2ccccc2N)c1. The van der Waals surface area contributed by atoms with Gasteiger partial charge < -0.3 is 10.5 Å². The van der Waals surface area contributed by atoms with Crippen LogP contribution in [0, 0.1) is 0 Å². The van der Waals surface area contributed by atoms with Gasteiger partial charge >= 0.3 is 6.09 Å². The lowest BCUT2D eigenvalue weighted by Gasteiger charge is -2.19. The van der Waals surface area contributed by atoms with E-state index in [1.54, 1.807) is 69.3 Å². The first-order chi connectivity index (χ1) is 11.7. The summed E-state index contributed by atoms with van der Waals surface area (Å²) in [6.07, 6.45) is 2.61. The molecule has 0 radical (unpaired) electrons. The van der Waals surface area contributed by atoms with Crippen LogP contribution in [0.4, 0.5) is 16.2 Å². The normalized spacial score (nSPS) is 11.3. The number of rotatable bonds is 4.